The summed E-state index contributed by atoms with van der Waals surface area (Å²) in [7, 11) is 1.78. The van der Waals surface area contributed by atoms with Crippen LogP contribution in [0, 0.1) is 6.92 Å². The van der Waals surface area contributed by atoms with Gasteiger partial charge in [-0.3, -0.25) is 14.5 Å². The predicted molar refractivity (Wildman–Crippen MR) is 117 cm³/mol. The van der Waals surface area contributed by atoms with E-state index in [9.17, 15) is 9.59 Å². The Morgan fingerprint density at radius 2 is 1.71 bits per heavy atom. The largest absolute Gasteiger partial charge is 0.348 e. The highest BCUT2D eigenvalue weighted by molar-refractivity contribution is 7.98. The van der Waals surface area contributed by atoms with Crippen LogP contribution < -0.4 is 10.6 Å². The zero-order valence-electron chi connectivity index (χ0n) is 17.2. The third-order valence-electron chi connectivity index (χ3n) is 4.83. The molecule has 0 heterocycles. The highest BCUT2D eigenvalue weighted by Crippen LogP contribution is 2.24. The van der Waals surface area contributed by atoms with Crippen molar-refractivity contribution in [2.24, 2.45) is 0 Å². The molecule has 0 fully saturated rings. The van der Waals surface area contributed by atoms with E-state index >= 15 is 0 Å². The Bertz CT molecular complexity index is 825. The van der Waals surface area contributed by atoms with Gasteiger partial charge in [-0.15, -0.1) is 11.8 Å². The van der Waals surface area contributed by atoms with Crippen molar-refractivity contribution in [3.8, 4) is 0 Å². The van der Waals surface area contributed by atoms with Gasteiger partial charge >= 0.3 is 0 Å². The number of likely N-dealkylation sites (N-methyl/N-ethyl adjacent to an activating group) is 1. The summed E-state index contributed by atoms with van der Waals surface area (Å²) in [5.41, 5.74) is 3.03. The van der Waals surface area contributed by atoms with Crippen molar-refractivity contribution >= 4 is 29.3 Å². The van der Waals surface area contributed by atoms with Gasteiger partial charge in [0.05, 0.1) is 24.3 Å². The van der Waals surface area contributed by atoms with Gasteiger partial charge in [0.15, 0.2) is 0 Å². The fraction of sp³-hybridized carbons (Fsp3) is 0.364. The second-order valence-electron chi connectivity index (χ2n) is 6.93. The molecule has 2 rings (SSSR count). The van der Waals surface area contributed by atoms with Gasteiger partial charge in [-0.05, 0) is 57.3 Å². The van der Waals surface area contributed by atoms with Crippen LogP contribution >= 0.6 is 11.8 Å². The topological polar surface area (TPSA) is 61.4 Å². The fourth-order valence-electron chi connectivity index (χ4n) is 2.99. The van der Waals surface area contributed by atoms with E-state index in [1.165, 1.54) is 0 Å². The number of carbonyl (C=O) groups excluding carboxylic acids is 2. The van der Waals surface area contributed by atoms with Gasteiger partial charge in [-0.1, -0.05) is 36.4 Å². The van der Waals surface area contributed by atoms with E-state index in [0.717, 1.165) is 21.7 Å². The summed E-state index contributed by atoms with van der Waals surface area (Å²) >= 11 is 1.58. The molecule has 0 aromatic heterocycles. The first-order valence-electron chi connectivity index (χ1n) is 9.32. The molecule has 0 saturated carbocycles. The van der Waals surface area contributed by atoms with E-state index in [1.54, 1.807) is 23.7 Å². The summed E-state index contributed by atoms with van der Waals surface area (Å²) in [5.74, 6) is -0.244. The normalized spacial score (nSPS) is 13.1. The average molecular weight is 400 g/mol. The van der Waals surface area contributed by atoms with Crippen LogP contribution in [-0.4, -0.2) is 42.6 Å². The Morgan fingerprint density at radius 1 is 1.07 bits per heavy atom. The van der Waals surface area contributed by atoms with Crippen LogP contribution in [0.3, 0.4) is 0 Å². The van der Waals surface area contributed by atoms with E-state index in [1.807, 2.05) is 75.6 Å². The number of amides is 2. The molecule has 0 aliphatic carbocycles. The van der Waals surface area contributed by atoms with Gasteiger partial charge in [0.25, 0.3) is 0 Å². The summed E-state index contributed by atoms with van der Waals surface area (Å²) in [6.45, 7) is 5.95. The standard InChI is InChI=1S/C22H29N3O2S/c1-15-10-6-7-11-18(15)16(2)23-22(27)17(3)25(4)14-21(26)24-19-12-8-9-13-20(19)28-5/h6-13,16-17H,14H2,1-5H3,(H,23,27)(H,24,26). The van der Waals surface area contributed by atoms with Crippen molar-refractivity contribution in [2.75, 3.05) is 25.2 Å². The van der Waals surface area contributed by atoms with Crippen LogP contribution in [0.4, 0.5) is 5.69 Å². The molecule has 2 N–H and O–H groups in total. The van der Waals surface area contributed by atoms with Crippen molar-refractivity contribution in [1.82, 2.24) is 10.2 Å². The van der Waals surface area contributed by atoms with Crippen molar-refractivity contribution in [3.63, 3.8) is 0 Å². The van der Waals surface area contributed by atoms with Crippen LogP contribution in [0.15, 0.2) is 53.4 Å². The van der Waals surface area contributed by atoms with E-state index in [0.29, 0.717) is 0 Å². The number of benzene rings is 2. The van der Waals surface area contributed by atoms with Crippen LogP contribution in [0.5, 0.6) is 0 Å². The van der Waals surface area contributed by atoms with Gasteiger partial charge in [0.2, 0.25) is 11.8 Å². The highest BCUT2D eigenvalue weighted by atomic mass is 32.2. The van der Waals surface area contributed by atoms with Gasteiger partial charge in [-0.2, -0.15) is 0 Å². The minimum absolute atomic E-state index is 0.0909. The Balaban J connectivity index is 1.92. The second-order valence-corrected chi connectivity index (χ2v) is 7.77. The van der Waals surface area contributed by atoms with Gasteiger partial charge < -0.3 is 10.6 Å². The summed E-state index contributed by atoms with van der Waals surface area (Å²) in [5, 5.41) is 5.97. The van der Waals surface area contributed by atoms with E-state index < -0.39 is 6.04 Å². The summed E-state index contributed by atoms with van der Waals surface area (Å²) in [4.78, 5) is 27.8. The first-order valence-corrected chi connectivity index (χ1v) is 10.5. The molecular weight excluding hydrogens is 370 g/mol. The molecule has 0 spiro atoms. The number of para-hydroxylation sites is 1. The molecule has 0 aliphatic heterocycles. The lowest BCUT2D eigenvalue weighted by atomic mass is 10.0. The predicted octanol–water partition coefficient (Wildman–Crippen LogP) is 3.85. The summed E-state index contributed by atoms with van der Waals surface area (Å²) < 4.78 is 0. The molecule has 0 saturated heterocycles. The number of rotatable bonds is 8. The molecule has 2 atom stereocenters. The quantitative estimate of drug-likeness (QED) is 0.662. The smallest absolute Gasteiger partial charge is 0.238 e. The molecule has 2 amide bonds. The zero-order chi connectivity index (χ0) is 20.7. The maximum absolute atomic E-state index is 12.6. The maximum Gasteiger partial charge on any atom is 0.238 e. The van der Waals surface area contributed by atoms with Gasteiger partial charge in [0, 0.05) is 4.90 Å². The Morgan fingerprint density at radius 3 is 2.39 bits per heavy atom. The lowest BCUT2D eigenvalue weighted by Crippen LogP contribution is -2.46. The number of anilines is 1. The lowest BCUT2D eigenvalue weighted by molar-refractivity contribution is -0.127. The molecule has 0 aliphatic rings. The fourth-order valence-corrected chi connectivity index (χ4v) is 3.54. The molecule has 6 heteroatoms. The molecule has 0 radical (unpaired) electrons. The Kier molecular flexibility index (Phi) is 8.08. The van der Waals surface area contributed by atoms with E-state index in [-0.39, 0.29) is 24.4 Å². The van der Waals surface area contributed by atoms with Crippen molar-refractivity contribution in [1.29, 1.82) is 0 Å². The first kappa shape index (κ1) is 22.0. The van der Waals surface area contributed by atoms with Crippen LogP contribution in [-0.2, 0) is 9.59 Å². The maximum atomic E-state index is 12.6. The Hall–Kier alpha value is -2.31. The molecule has 5 nitrogen and oxygen atoms in total. The van der Waals surface area contributed by atoms with Crippen molar-refractivity contribution < 1.29 is 9.59 Å². The van der Waals surface area contributed by atoms with Crippen LogP contribution in [0.1, 0.15) is 31.0 Å². The number of hydrogen-bond acceptors (Lipinski definition) is 4. The molecule has 2 unspecified atom stereocenters. The SMILES string of the molecule is CSc1ccccc1NC(=O)CN(C)C(C)C(=O)NC(C)c1ccccc1C. The van der Waals surface area contributed by atoms with E-state index in [2.05, 4.69) is 10.6 Å². The third-order valence-corrected chi connectivity index (χ3v) is 5.62. The highest BCUT2D eigenvalue weighted by Gasteiger charge is 2.22. The van der Waals surface area contributed by atoms with Crippen LogP contribution in [0.2, 0.25) is 0 Å². The number of thioether (sulfide) groups is 1. The summed E-state index contributed by atoms with van der Waals surface area (Å²) in [6.07, 6.45) is 1.97. The molecule has 150 valence electrons. The van der Waals surface area contributed by atoms with E-state index in [4.69, 9.17) is 0 Å². The molecular formula is C22H29N3O2S. The second kappa shape index (κ2) is 10.3. The van der Waals surface area contributed by atoms with Gasteiger partial charge in [0.1, 0.15) is 0 Å². The van der Waals surface area contributed by atoms with Crippen molar-refractivity contribution in [3.05, 3.63) is 59.7 Å². The molecule has 2 aromatic rings. The minimum atomic E-state index is -0.423. The number of nitrogens with zero attached hydrogens (tertiary/aromatic N) is 1. The van der Waals surface area contributed by atoms with Crippen LogP contribution in [0.25, 0.3) is 0 Å². The lowest BCUT2D eigenvalue weighted by Gasteiger charge is -2.25. The number of carbonyl (C=O) groups is 2. The number of aryl methyl sites for hydroxylation is 1. The molecule has 2 aromatic carbocycles. The Labute approximate surface area is 171 Å². The monoisotopic (exact) mass is 399 g/mol. The number of nitrogens with one attached hydrogen (secondary N) is 2. The summed E-state index contributed by atoms with van der Waals surface area (Å²) in [6, 6.07) is 15.2. The molecule has 0 bridgehead atoms. The first-order chi connectivity index (χ1) is 13.3. The van der Waals surface area contributed by atoms with Crippen molar-refractivity contribution in [2.45, 2.75) is 37.8 Å². The molecule has 28 heavy (non-hydrogen) atoms. The number of hydrogen-bond donors (Lipinski definition) is 2. The van der Waals surface area contributed by atoms with Gasteiger partial charge in [-0.25, -0.2) is 0 Å². The third kappa shape index (κ3) is 5.84. The average Bonchev–Trinajstić information content (AvgIpc) is 2.67. The minimum Gasteiger partial charge on any atom is -0.348 e. The zero-order valence-corrected chi connectivity index (χ0v) is 18.0.